The van der Waals surface area contributed by atoms with Crippen LogP contribution in [0.4, 0.5) is 5.82 Å². The minimum Gasteiger partial charge on any atom is -0.391 e. The molecule has 1 aliphatic rings. The summed E-state index contributed by atoms with van der Waals surface area (Å²) in [5.41, 5.74) is 5.94. The maximum Gasteiger partial charge on any atom is 0.123 e. The maximum atomic E-state index is 10.1. The van der Waals surface area contributed by atoms with Gasteiger partial charge in [-0.15, -0.1) is 11.8 Å². The molecule has 4 nitrogen and oxygen atoms in total. The van der Waals surface area contributed by atoms with Crippen LogP contribution in [0.25, 0.3) is 0 Å². The van der Waals surface area contributed by atoms with Crippen molar-refractivity contribution in [2.24, 2.45) is 0 Å². The Hall–Kier alpha value is -0.680. The molecule has 0 amide bonds. The highest BCUT2D eigenvalue weighted by Crippen LogP contribution is 2.30. The summed E-state index contributed by atoms with van der Waals surface area (Å²) < 4.78 is 1.81. The maximum absolute atomic E-state index is 10.1. The van der Waals surface area contributed by atoms with Crippen LogP contribution in [0.3, 0.4) is 0 Å². The first-order chi connectivity index (χ1) is 7.72. The zero-order chi connectivity index (χ0) is 11.5. The SMILES string of the molecule is CSc1cc(N)n(C2CCCCCC2O)n1. The fraction of sp³-hybridized carbons (Fsp3) is 0.727. The fourth-order valence-corrected chi connectivity index (χ4v) is 2.71. The fourth-order valence-electron chi connectivity index (χ4n) is 2.30. The van der Waals surface area contributed by atoms with Gasteiger partial charge in [-0.25, -0.2) is 4.68 Å². The average Bonchev–Trinajstić information content (AvgIpc) is 2.51. The summed E-state index contributed by atoms with van der Waals surface area (Å²) in [5.74, 6) is 0.662. The normalized spacial score (nSPS) is 26.6. The minimum atomic E-state index is -0.306. The second-order valence-corrected chi connectivity index (χ2v) is 5.16. The van der Waals surface area contributed by atoms with Gasteiger partial charge in [0, 0.05) is 6.07 Å². The summed E-state index contributed by atoms with van der Waals surface area (Å²) in [4.78, 5) is 0. The number of aliphatic hydroxyl groups excluding tert-OH is 1. The van der Waals surface area contributed by atoms with E-state index in [1.807, 2.05) is 17.0 Å². The van der Waals surface area contributed by atoms with Crippen molar-refractivity contribution in [2.45, 2.75) is 49.3 Å². The number of rotatable bonds is 2. The van der Waals surface area contributed by atoms with E-state index < -0.39 is 0 Å². The number of nitrogen functional groups attached to an aromatic ring is 1. The Morgan fingerprint density at radius 2 is 2.19 bits per heavy atom. The van der Waals surface area contributed by atoms with E-state index in [2.05, 4.69) is 5.10 Å². The third-order valence-corrected chi connectivity index (χ3v) is 3.83. The third-order valence-electron chi connectivity index (χ3n) is 3.21. The van der Waals surface area contributed by atoms with Crippen LogP contribution < -0.4 is 5.73 Å². The van der Waals surface area contributed by atoms with Crippen LogP contribution in [-0.4, -0.2) is 27.2 Å². The molecule has 90 valence electrons. The molecule has 1 aliphatic carbocycles. The molecule has 5 heteroatoms. The summed E-state index contributed by atoms with van der Waals surface area (Å²) in [6.07, 6.45) is 6.96. The lowest BCUT2D eigenvalue weighted by Crippen LogP contribution is -2.25. The first kappa shape index (κ1) is 11.8. The topological polar surface area (TPSA) is 64.1 Å². The Morgan fingerprint density at radius 3 is 2.88 bits per heavy atom. The molecule has 1 fully saturated rings. The summed E-state index contributed by atoms with van der Waals surface area (Å²) in [6, 6.07) is 1.94. The van der Waals surface area contributed by atoms with Gasteiger partial charge < -0.3 is 10.8 Å². The van der Waals surface area contributed by atoms with E-state index in [4.69, 9.17) is 5.73 Å². The van der Waals surface area contributed by atoms with E-state index in [0.29, 0.717) is 5.82 Å². The Kier molecular flexibility index (Phi) is 3.76. The number of thioether (sulfide) groups is 1. The standard InChI is InChI=1S/C11H19N3OS/c1-16-11-7-10(12)14(13-11)8-5-3-2-4-6-9(8)15/h7-9,15H,2-6,12H2,1H3. The van der Waals surface area contributed by atoms with E-state index in [-0.39, 0.29) is 12.1 Å². The molecule has 2 atom stereocenters. The summed E-state index contributed by atoms with van der Waals surface area (Å²) in [5, 5.41) is 15.4. The van der Waals surface area contributed by atoms with Gasteiger partial charge in [0.2, 0.25) is 0 Å². The zero-order valence-electron chi connectivity index (χ0n) is 9.59. The van der Waals surface area contributed by atoms with Crippen LogP contribution in [0.15, 0.2) is 11.1 Å². The molecule has 16 heavy (non-hydrogen) atoms. The Balaban J connectivity index is 2.22. The van der Waals surface area contributed by atoms with Crippen LogP contribution in [0.2, 0.25) is 0 Å². The van der Waals surface area contributed by atoms with Gasteiger partial charge in [0.1, 0.15) is 10.8 Å². The minimum absolute atomic E-state index is 0.0587. The van der Waals surface area contributed by atoms with Crippen LogP contribution in [-0.2, 0) is 0 Å². The third kappa shape index (κ3) is 2.35. The molecule has 0 aliphatic heterocycles. The molecule has 1 aromatic heterocycles. The molecule has 0 saturated heterocycles. The molecule has 0 bridgehead atoms. The number of nitrogens with zero attached hydrogens (tertiary/aromatic N) is 2. The van der Waals surface area contributed by atoms with Crippen molar-refractivity contribution in [3.63, 3.8) is 0 Å². The van der Waals surface area contributed by atoms with Crippen LogP contribution in [0.5, 0.6) is 0 Å². The lowest BCUT2D eigenvalue weighted by atomic mass is 10.1. The molecule has 0 radical (unpaired) electrons. The van der Waals surface area contributed by atoms with E-state index >= 15 is 0 Å². The molecule has 2 unspecified atom stereocenters. The van der Waals surface area contributed by atoms with Crippen LogP contribution in [0, 0.1) is 0 Å². The van der Waals surface area contributed by atoms with Crippen molar-refractivity contribution in [3.05, 3.63) is 6.07 Å². The second kappa shape index (κ2) is 5.10. The molecule has 2 rings (SSSR count). The molecule has 1 aromatic rings. The van der Waals surface area contributed by atoms with Crippen LogP contribution in [0.1, 0.15) is 38.1 Å². The van der Waals surface area contributed by atoms with E-state index in [1.165, 1.54) is 6.42 Å². The monoisotopic (exact) mass is 241 g/mol. The highest BCUT2D eigenvalue weighted by molar-refractivity contribution is 7.98. The lowest BCUT2D eigenvalue weighted by molar-refractivity contribution is 0.0996. The number of aliphatic hydroxyl groups is 1. The van der Waals surface area contributed by atoms with Crippen molar-refractivity contribution in [1.82, 2.24) is 9.78 Å². The van der Waals surface area contributed by atoms with Crippen molar-refractivity contribution in [2.75, 3.05) is 12.0 Å². The lowest BCUT2D eigenvalue weighted by Gasteiger charge is -2.21. The Labute approximate surface area is 100 Å². The second-order valence-electron chi connectivity index (χ2n) is 4.33. The molecule has 3 N–H and O–H groups in total. The van der Waals surface area contributed by atoms with Crippen molar-refractivity contribution >= 4 is 17.6 Å². The molecule has 0 spiro atoms. The summed E-state index contributed by atoms with van der Waals surface area (Å²) in [7, 11) is 0. The largest absolute Gasteiger partial charge is 0.391 e. The molecular formula is C11H19N3OS. The van der Waals surface area contributed by atoms with E-state index in [1.54, 1.807) is 11.8 Å². The number of hydrogen-bond acceptors (Lipinski definition) is 4. The van der Waals surface area contributed by atoms with Gasteiger partial charge in [-0.1, -0.05) is 19.3 Å². The Morgan fingerprint density at radius 1 is 1.44 bits per heavy atom. The quantitative estimate of drug-likeness (QED) is 0.614. The summed E-state index contributed by atoms with van der Waals surface area (Å²) >= 11 is 1.58. The highest BCUT2D eigenvalue weighted by Gasteiger charge is 2.25. The first-order valence-electron chi connectivity index (χ1n) is 5.79. The molecular weight excluding hydrogens is 222 g/mol. The smallest absolute Gasteiger partial charge is 0.123 e. The van der Waals surface area contributed by atoms with Gasteiger partial charge in [0.05, 0.1) is 12.1 Å². The Bertz CT molecular complexity index is 353. The van der Waals surface area contributed by atoms with Gasteiger partial charge in [-0.05, 0) is 19.1 Å². The number of hydrogen-bond donors (Lipinski definition) is 2. The van der Waals surface area contributed by atoms with E-state index in [9.17, 15) is 5.11 Å². The van der Waals surface area contributed by atoms with Crippen molar-refractivity contribution in [1.29, 1.82) is 0 Å². The number of anilines is 1. The molecule has 1 heterocycles. The van der Waals surface area contributed by atoms with Gasteiger partial charge in [-0.3, -0.25) is 0 Å². The van der Waals surface area contributed by atoms with Gasteiger partial charge in [0.15, 0.2) is 0 Å². The molecule has 1 saturated carbocycles. The van der Waals surface area contributed by atoms with E-state index in [0.717, 1.165) is 30.7 Å². The average molecular weight is 241 g/mol. The van der Waals surface area contributed by atoms with Crippen molar-refractivity contribution < 1.29 is 5.11 Å². The predicted molar refractivity (Wildman–Crippen MR) is 66.5 cm³/mol. The zero-order valence-corrected chi connectivity index (χ0v) is 10.4. The van der Waals surface area contributed by atoms with Crippen LogP contribution >= 0.6 is 11.8 Å². The van der Waals surface area contributed by atoms with Gasteiger partial charge in [0.25, 0.3) is 0 Å². The molecule has 0 aromatic carbocycles. The predicted octanol–water partition coefficient (Wildman–Crippen LogP) is 2.05. The van der Waals surface area contributed by atoms with Gasteiger partial charge >= 0.3 is 0 Å². The van der Waals surface area contributed by atoms with Gasteiger partial charge in [-0.2, -0.15) is 5.10 Å². The summed E-state index contributed by atoms with van der Waals surface area (Å²) in [6.45, 7) is 0. The number of aromatic nitrogens is 2. The van der Waals surface area contributed by atoms with Crippen molar-refractivity contribution in [3.8, 4) is 0 Å². The first-order valence-corrected chi connectivity index (χ1v) is 7.02. The highest BCUT2D eigenvalue weighted by atomic mass is 32.2. The number of nitrogens with two attached hydrogens (primary N) is 1.